The van der Waals surface area contributed by atoms with E-state index in [0.717, 1.165) is 25.3 Å². The van der Waals surface area contributed by atoms with E-state index >= 15 is 0 Å². The Kier molecular flexibility index (Phi) is 6.73. The molecule has 1 aromatic heterocycles. The summed E-state index contributed by atoms with van der Waals surface area (Å²) in [5.74, 6) is 0.482. The molecule has 1 aliphatic carbocycles. The lowest BCUT2D eigenvalue weighted by Gasteiger charge is -2.28. The molecule has 29 heavy (non-hydrogen) atoms. The van der Waals surface area contributed by atoms with Gasteiger partial charge in [-0.15, -0.1) is 0 Å². The summed E-state index contributed by atoms with van der Waals surface area (Å²) in [5.41, 5.74) is -1.11. The van der Waals surface area contributed by atoms with E-state index in [1.165, 1.54) is 35.9 Å². The predicted octanol–water partition coefficient (Wildman–Crippen LogP) is 4.00. The summed E-state index contributed by atoms with van der Waals surface area (Å²) in [4.78, 5) is 15.8. The fraction of sp³-hybridized carbons (Fsp3) is 0.526. The Morgan fingerprint density at radius 2 is 2.10 bits per heavy atom. The molecule has 0 spiro atoms. The zero-order valence-electron chi connectivity index (χ0n) is 16.1. The highest BCUT2D eigenvalue weighted by Crippen LogP contribution is 2.36. The zero-order valence-corrected chi connectivity index (χ0v) is 16.1. The van der Waals surface area contributed by atoms with Crippen LogP contribution in [0.25, 0.3) is 5.69 Å². The summed E-state index contributed by atoms with van der Waals surface area (Å²) in [6.45, 7) is 2.68. The molecule has 3 rings (SSSR count). The molecule has 0 radical (unpaired) electrons. The van der Waals surface area contributed by atoms with Crippen LogP contribution in [0, 0.1) is 5.92 Å². The minimum atomic E-state index is -4.64. The highest BCUT2D eigenvalue weighted by Gasteiger charge is 2.34. The lowest BCUT2D eigenvalue weighted by atomic mass is 9.88. The van der Waals surface area contributed by atoms with E-state index in [-0.39, 0.29) is 24.0 Å². The standard InChI is InChI=1S/C19H24F3N5O2/c1-13-4-2-3-5-17(13)29-9-8-24-18(28)26-16-7-6-14(27-12-23-11-25-27)10-15(16)19(20,21)22/h6-7,10-13,17H,2-5,8-9H2,1H3,(H2,24,26,28)/t13-,17-/m0/s1. The Labute approximate surface area is 166 Å². The van der Waals surface area contributed by atoms with Gasteiger partial charge in [0.2, 0.25) is 0 Å². The SMILES string of the molecule is C[C@H]1CCCC[C@@H]1OCCNC(=O)Nc1ccc(-n2cncn2)cc1C(F)(F)F. The predicted molar refractivity (Wildman–Crippen MR) is 101 cm³/mol. The quantitative estimate of drug-likeness (QED) is 0.704. The number of carbonyl (C=O) groups excluding carboxylic acids is 1. The maximum atomic E-state index is 13.4. The summed E-state index contributed by atoms with van der Waals surface area (Å²) >= 11 is 0. The average molecular weight is 411 g/mol. The van der Waals surface area contributed by atoms with Gasteiger partial charge in [0.05, 0.1) is 29.6 Å². The van der Waals surface area contributed by atoms with Gasteiger partial charge in [-0.25, -0.2) is 14.5 Å². The van der Waals surface area contributed by atoms with Crippen LogP contribution in [0.15, 0.2) is 30.9 Å². The van der Waals surface area contributed by atoms with Crippen molar-refractivity contribution in [2.75, 3.05) is 18.5 Å². The van der Waals surface area contributed by atoms with Crippen LogP contribution in [-0.4, -0.2) is 40.1 Å². The van der Waals surface area contributed by atoms with Gasteiger partial charge in [-0.1, -0.05) is 19.8 Å². The topological polar surface area (TPSA) is 81.1 Å². The number of amides is 2. The van der Waals surface area contributed by atoms with Crippen molar-refractivity contribution in [1.82, 2.24) is 20.1 Å². The van der Waals surface area contributed by atoms with Crippen molar-refractivity contribution < 1.29 is 22.7 Å². The first-order chi connectivity index (χ1) is 13.8. The second-order valence-electron chi connectivity index (χ2n) is 7.12. The van der Waals surface area contributed by atoms with E-state index in [0.29, 0.717) is 12.5 Å². The maximum Gasteiger partial charge on any atom is 0.418 e. The number of hydrogen-bond acceptors (Lipinski definition) is 4. The van der Waals surface area contributed by atoms with Crippen LogP contribution in [0.3, 0.4) is 0 Å². The number of nitrogens with one attached hydrogen (secondary N) is 2. The number of benzene rings is 1. The molecule has 10 heteroatoms. The Balaban J connectivity index is 1.56. The molecule has 2 amide bonds. The van der Waals surface area contributed by atoms with E-state index in [1.54, 1.807) is 0 Å². The molecule has 0 bridgehead atoms. The first kappa shape index (κ1) is 21.1. The highest BCUT2D eigenvalue weighted by molar-refractivity contribution is 5.90. The third-order valence-electron chi connectivity index (χ3n) is 4.99. The third-order valence-corrected chi connectivity index (χ3v) is 4.99. The number of nitrogens with zero attached hydrogens (tertiary/aromatic N) is 3. The maximum absolute atomic E-state index is 13.4. The van der Waals surface area contributed by atoms with E-state index in [2.05, 4.69) is 27.6 Å². The van der Waals surface area contributed by atoms with Gasteiger partial charge in [-0.3, -0.25) is 0 Å². The number of anilines is 1. The molecule has 1 aromatic carbocycles. The molecule has 0 aliphatic heterocycles. The summed E-state index contributed by atoms with van der Waals surface area (Å²) in [5, 5.41) is 8.62. The van der Waals surface area contributed by atoms with Gasteiger partial charge >= 0.3 is 12.2 Å². The van der Waals surface area contributed by atoms with Crippen LogP contribution in [0.4, 0.5) is 23.7 Å². The summed E-state index contributed by atoms with van der Waals surface area (Å²) < 4.78 is 47.3. The second kappa shape index (κ2) is 9.25. The van der Waals surface area contributed by atoms with Gasteiger partial charge in [-0.2, -0.15) is 18.3 Å². The van der Waals surface area contributed by atoms with Crippen molar-refractivity contribution >= 4 is 11.7 Å². The van der Waals surface area contributed by atoms with E-state index in [9.17, 15) is 18.0 Å². The smallest absolute Gasteiger partial charge is 0.376 e. The number of halogens is 3. The lowest BCUT2D eigenvalue weighted by molar-refractivity contribution is -0.136. The highest BCUT2D eigenvalue weighted by atomic mass is 19.4. The zero-order chi connectivity index (χ0) is 20.9. The van der Waals surface area contributed by atoms with Gasteiger partial charge in [-0.05, 0) is 37.0 Å². The van der Waals surface area contributed by atoms with Crippen molar-refractivity contribution in [3.63, 3.8) is 0 Å². The van der Waals surface area contributed by atoms with Crippen molar-refractivity contribution in [3.8, 4) is 5.69 Å². The van der Waals surface area contributed by atoms with E-state index in [4.69, 9.17) is 4.74 Å². The minimum absolute atomic E-state index is 0.176. The molecular formula is C19H24F3N5O2. The van der Waals surface area contributed by atoms with Crippen molar-refractivity contribution in [3.05, 3.63) is 36.4 Å². The van der Waals surface area contributed by atoms with Crippen LogP contribution in [0.1, 0.15) is 38.2 Å². The fourth-order valence-electron chi connectivity index (χ4n) is 3.43. The number of rotatable bonds is 6. The Bertz CT molecular complexity index is 811. The molecule has 1 aliphatic rings. The van der Waals surface area contributed by atoms with Crippen LogP contribution in [0.2, 0.25) is 0 Å². The Morgan fingerprint density at radius 1 is 1.31 bits per heavy atom. The van der Waals surface area contributed by atoms with Gasteiger partial charge in [0.25, 0.3) is 0 Å². The molecule has 1 fully saturated rings. The molecule has 0 unspecified atom stereocenters. The third kappa shape index (κ3) is 5.69. The van der Waals surface area contributed by atoms with Crippen LogP contribution >= 0.6 is 0 Å². The molecule has 7 nitrogen and oxygen atoms in total. The Hall–Kier alpha value is -2.62. The first-order valence-corrected chi connectivity index (χ1v) is 9.57. The van der Waals surface area contributed by atoms with E-state index < -0.39 is 17.8 Å². The molecular weight excluding hydrogens is 387 g/mol. The lowest BCUT2D eigenvalue weighted by Crippen LogP contribution is -2.34. The molecule has 2 atom stereocenters. The fourth-order valence-corrected chi connectivity index (χ4v) is 3.43. The molecule has 1 heterocycles. The van der Waals surface area contributed by atoms with E-state index in [1.807, 2.05) is 0 Å². The minimum Gasteiger partial charge on any atom is -0.376 e. The molecule has 0 saturated heterocycles. The van der Waals surface area contributed by atoms with Gasteiger partial charge in [0.15, 0.2) is 0 Å². The van der Waals surface area contributed by atoms with Crippen LogP contribution in [-0.2, 0) is 10.9 Å². The summed E-state index contributed by atoms with van der Waals surface area (Å²) in [6, 6.07) is 2.81. The number of alkyl halides is 3. The molecule has 2 N–H and O–H groups in total. The van der Waals surface area contributed by atoms with Crippen molar-refractivity contribution in [1.29, 1.82) is 0 Å². The number of urea groups is 1. The largest absolute Gasteiger partial charge is 0.418 e. The number of carbonyl (C=O) groups is 1. The number of ether oxygens (including phenoxy) is 1. The monoisotopic (exact) mass is 411 g/mol. The number of aromatic nitrogens is 3. The molecule has 158 valence electrons. The first-order valence-electron chi connectivity index (χ1n) is 9.57. The average Bonchev–Trinajstić information content (AvgIpc) is 3.21. The summed E-state index contributed by atoms with van der Waals surface area (Å²) in [6.07, 6.45) is 2.52. The van der Waals surface area contributed by atoms with Gasteiger partial charge in [0.1, 0.15) is 12.7 Å². The Morgan fingerprint density at radius 3 is 2.79 bits per heavy atom. The molecule has 2 aromatic rings. The summed E-state index contributed by atoms with van der Waals surface area (Å²) in [7, 11) is 0. The van der Waals surface area contributed by atoms with Crippen molar-refractivity contribution in [2.45, 2.75) is 44.9 Å². The van der Waals surface area contributed by atoms with Gasteiger partial charge in [0, 0.05) is 6.54 Å². The normalized spacial score (nSPS) is 19.7. The van der Waals surface area contributed by atoms with Crippen LogP contribution < -0.4 is 10.6 Å². The number of hydrogen-bond donors (Lipinski definition) is 2. The van der Waals surface area contributed by atoms with Crippen molar-refractivity contribution in [2.24, 2.45) is 5.92 Å². The second-order valence-corrected chi connectivity index (χ2v) is 7.12. The van der Waals surface area contributed by atoms with Gasteiger partial charge < -0.3 is 15.4 Å². The molecule has 1 saturated carbocycles. The van der Waals surface area contributed by atoms with Crippen LogP contribution in [0.5, 0.6) is 0 Å².